The van der Waals surface area contributed by atoms with Crippen molar-refractivity contribution in [3.63, 3.8) is 0 Å². The summed E-state index contributed by atoms with van der Waals surface area (Å²) in [6, 6.07) is 9.24. The van der Waals surface area contributed by atoms with E-state index in [2.05, 4.69) is 5.18 Å². The molecule has 5 heteroatoms. The van der Waals surface area contributed by atoms with Gasteiger partial charge in [-0.1, -0.05) is 56.3 Å². The van der Waals surface area contributed by atoms with Gasteiger partial charge < -0.3 is 9.47 Å². The number of cyclic esters (lactones) is 1. The maximum atomic E-state index is 12.9. The van der Waals surface area contributed by atoms with Gasteiger partial charge in [-0.05, 0) is 24.8 Å². The first-order chi connectivity index (χ1) is 10.9. The summed E-state index contributed by atoms with van der Waals surface area (Å²) >= 11 is 0. The van der Waals surface area contributed by atoms with Gasteiger partial charge in [0.2, 0.25) is 6.29 Å². The molecule has 0 spiro atoms. The molecule has 1 aromatic carbocycles. The van der Waals surface area contributed by atoms with Crippen LogP contribution in [0.25, 0.3) is 0 Å². The maximum absolute atomic E-state index is 12.9. The summed E-state index contributed by atoms with van der Waals surface area (Å²) in [5.41, 5.74) is -0.639. The second-order valence-corrected chi connectivity index (χ2v) is 7.59. The largest absolute Gasteiger partial charge is 0.433 e. The van der Waals surface area contributed by atoms with Crippen LogP contribution >= 0.6 is 0 Å². The van der Waals surface area contributed by atoms with Gasteiger partial charge in [-0.2, -0.15) is 4.91 Å². The third-order valence-corrected chi connectivity index (χ3v) is 4.85. The second-order valence-electron chi connectivity index (χ2n) is 7.59. The van der Waals surface area contributed by atoms with Gasteiger partial charge in [0.05, 0.1) is 6.04 Å². The van der Waals surface area contributed by atoms with E-state index in [0.29, 0.717) is 12.8 Å². The topological polar surface area (TPSA) is 65.0 Å². The van der Waals surface area contributed by atoms with E-state index in [1.807, 2.05) is 51.1 Å². The fraction of sp³-hybridized carbons (Fsp3) is 0.611. The van der Waals surface area contributed by atoms with Crippen molar-refractivity contribution in [2.45, 2.75) is 58.0 Å². The lowest BCUT2D eigenvalue weighted by molar-refractivity contribution is -0.162. The molecule has 1 aliphatic carbocycles. The lowest BCUT2D eigenvalue weighted by Gasteiger charge is -2.33. The third kappa shape index (κ3) is 2.67. The molecule has 124 valence electrons. The number of nitroso groups, excluding NO2 is 1. The summed E-state index contributed by atoms with van der Waals surface area (Å²) < 4.78 is 11.9. The Morgan fingerprint density at radius 1 is 1.17 bits per heavy atom. The normalized spacial score (nSPS) is 34.4. The van der Waals surface area contributed by atoms with Gasteiger partial charge in [-0.15, -0.1) is 0 Å². The number of hydrogen-bond donors (Lipinski definition) is 0. The second kappa shape index (κ2) is 5.71. The first-order valence-electron chi connectivity index (χ1n) is 8.15. The Hall–Kier alpha value is -1.75. The Balaban J connectivity index is 2.02. The Morgan fingerprint density at radius 3 is 2.39 bits per heavy atom. The molecule has 1 saturated carbocycles. The molecule has 2 fully saturated rings. The van der Waals surface area contributed by atoms with E-state index in [0.717, 1.165) is 12.0 Å². The van der Waals surface area contributed by atoms with E-state index in [1.54, 1.807) is 0 Å². The Morgan fingerprint density at radius 2 is 1.87 bits per heavy atom. The minimum absolute atomic E-state index is 0.0903. The average Bonchev–Trinajstić information content (AvgIpc) is 3.12. The number of benzene rings is 1. The number of carbonyl (C=O) groups excluding carboxylic acids is 1. The molecule has 0 bridgehead atoms. The molecule has 0 amide bonds. The number of esters is 1. The molecule has 5 nitrogen and oxygen atoms in total. The molecule has 4 atom stereocenters. The summed E-state index contributed by atoms with van der Waals surface area (Å²) in [6.07, 6.45) is 1.39. The van der Waals surface area contributed by atoms with Crippen LogP contribution in [0, 0.1) is 16.2 Å². The lowest BCUT2D eigenvalue weighted by atomic mass is 9.80. The zero-order chi connectivity index (χ0) is 16.7. The molecule has 2 aliphatic rings. The van der Waals surface area contributed by atoms with E-state index >= 15 is 0 Å². The van der Waals surface area contributed by atoms with E-state index in [4.69, 9.17) is 9.47 Å². The number of ether oxygens (including phenoxy) is 2. The average molecular weight is 317 g/mol. The number of nitrogens with zero attached hydrogens (tertiary/aromatic N) is 1. The lowest BCUT2D eigenvalue weighted by Crippen LogP contribution is -2.41. The molecular formula is C18H23NO4. The number of rotatable bonds is 3. The Bertz CT molecular complexity index is 595. The quantitative estimate of drug-likeness (QED) is 0.629. The highest BCUT2D eigenvalue weighted by molar-refractivity contribution is 5.83. The molecular weight excluding hydrogens is 294 g/mol. The SMILES string of the molecule is CC(C)(C)C1OC(=O)C(c2ccccc2)(C2CCC(N=O)C2)O1. The van der Waals surface area contributed by atoms with Crippen molar-refractivity contribution in [1.82, 2.24) is 0 Å². The van der Waals surface area contributed by atoms with Crippen LogP contribution < -0.4 is 0 Å². The number of hydrogen-bond acceptors (Lipinski definition) is 5. The summed E-state index contributed by atoms with van der Waals surface area (Å²) in [6.45, 7) is 5.95. The molecule has 4 unspecified atom stereocenters. The minimum atomic E-state index is -1.13. The van der Waals surface area contributed by atoms with Crippen molar-refractivity contribution in [3.8, 4) is 0 Å². The van der Waals surface area contributed by atoms with Crippen LogP contribution in [-0.2, 0) is 19.9 Å². The molecule has 0 radical (unpaired) electrons. The Kier molecular flexibility index (Phi) is 4.00. The van der Waals surface area contributed by atoms with Crippen LogP contribution in [0.15, 0.2) is 35.5 Å². The van der Waals surface area contributed by atoms with Crippen LogP contribution in [-0.4, -0.2) is 18.3 Å². The molecule has 3 rings (SSSR count). The summed E-state index contributed by atoms with van der Waals surface area (Å²) in [4.78, 5) is 23.8. The molecule has 0 aromatic heterocycles. The fourth-order valence-corrected chi connectivity index (χ4v) is 3.57. The van der Waals surface area contributed by atoms with Crippen LogP contribution in [0.3, 0.4) is 0 Å². The predicted molar refractivity (Wildman–Crippen MR) is 85.5 cm³/mol. The summed E-state index contributed by atoms with van der Waals surface area (Å²) in [5.74, 6) is -0.437. The van der Waals surface area contributed by atoms with Crippen molar-refractivity contribution in [1.29, 1.82) is 0 Å². The fourth-order valence-electron chi connectivity index (χ4n) is 3.57. The zero-order valence-electron chi connectivity index (χ0n) is 13.8. The van der Waals surface area contributed by atoms with Crippen molar-refractivity contribution >= 4 is 5.97 Å². The summed E-state index contributed by atoms with van der Waals surface area (Å²) in [7, 11) is 0. The maximum Gasteiger partial charge on any atom is 0.345 e. The van der Waals surface area contributed by atoms with Crippen molar-refractivity contribution < 1.29 is 14.3 Å². The standard InChI is InChI=1S/C18H23NO4/c1-17(2,3)16-22-15(20)18(23-16,12-7-5-4-6-8-12)13-9-10-14(11-13)19-21/h4-8,13-14,16H,9-11H2,1-3H3. The molecule has 1 aromatic rings. The monoisotopic (exact) mass is 317 g/mol. The van der Waals surface area contributed by atoms with Crippen LogP contribution in [0.4, 0.5) is 0 Å². The number of carbonyl (C=O) groups is 1. The molecule has 0 N–H and O–H groups in total. The van der Waals surface area contributed by atoms with E-state index in [9.17, 15) is 9.70 Å². The van der Waals surface area contributed by atoms with Crippen LogP contribution in [0.2, 0.25) is 0 Å². The van der Waals surface area contributed by atoms with Gasteiger partial charge in [-0.25, -0.2) is 4.79 Å². The first-order valence-corrected chi connectivity index (χ1v) is 8.15. The van der Waals surface area contributed by atoms with Crippen LogP contribution in [0.1, 0.15) is 45.6 Å². The van der Waals surface area contributed by atoms with Gasteiger partial charge in [0, 0.05) is 11.3 Å². The smallest absolute Gasteiger partial charge is 0.345 e. The van der Waals surface area contributed by atoms with Crippen molar-refractivity contribution in [3.05, 3.63) is 40.8 Å². The van der Waals surface area contributed by atoms with E-state index in [1.165, 1.54) is 0 Å². The highest BCUT2D eigenvalue weighted by Gasteiger charge is 2.60. The first kappa shape index (κ1) is 16.1. The highest BCUT2D eigenvalue weighted by atomic mass is 16.8. The Labute approximate surface area is 136 Å². The van der Waals surface area contributed by atoms with Gasteiger partial charge in [0.15, 0.2) is 5.60 Å². The molecule has 1 heterocycles. The zero-order valence-corrected chi connectivity index (χ0v) is 13.8. The van der Waals surface area contributed by atoms with Gasteiger partial charge in [-0.3, -0.25) is 0 Å². The highest BCUT2D eigenvalue weighted by Crippen LogP contribution is 2.50. The summed E-state index contributed by atoms with van der Waals surface area (Å²) in [5, 5.41) is 3.17. The molecule has 1 saturated heterocycles. The van der Waals surface area contributed by atoms with E-state index < -0.39 is 11.9 Å². The van der Waals surface area contributed by atoms with Gasteiger partial charge in [0.25, 0.3) is 0 Å². The van der Waals surface area contributed by atoms with Crippen molar-refractivity contribution in [2.24, 2.45) is 16.5 Å². The minimum Gasteiger partial charge on any atom is -0.433 e. The third-order valence-electron chi connectivity index (χ3n) is 4.85. The van der Waals surface area contributed by atoms with Gasteiger partial charge >= 0.3 is 5.97 Å². The molecule has 1 aliphatic heterocycles. The molecule has 23 heavy (non-hydrogen) atoms. The van der Waals surface area contributed by atoms with E-state index in [-0.39, 0.29) is 23.3 Å². The van der Waals surface area contributed by atoms with Gasteiger partial charge in [0.1, 0.15) is 0 Å². The van der Waals surface area contributed by atoms with Crippen LogP contribution in [0.5, 0.6) is 0 Å². The predicted octanol–water partition coefficient (Wildman–Crippen LogP) is 3.76. The van der Waals surface area contributed by atoms with Crippen molar-refractivity contribution in [2.75, 3.05) is 0 Å².